The van der Waals surface area contributed by atoms with Crippen molar-refractivity contribution in [1.82, 2.24) is 20.1 Å². The highest BCUT2D eigenvalue weighted by molar-refractivity contribution is 5.99. The van der Waals surface area contributed by atoms with Gasteiger partial charge in [-0.25, -0.2) is 9.78 Å². The van der Waals surface area contributed by atoms with Gasteiger partial charge >= 0.3 is 6.03 Å². The lowest BCUT2D eigenvalue weighted by Crippen LogP contribution is -2.41. The first kappa shape index (κ1) is 17.8. The van der Waals surface area contributed by atoms with E-state index in [0.717, 1.165) is 10.9 Å². The van der Waals surface area contributed by atoms with Gasteiger partial charge in [-0.05, 0) is 18.1 Å². The van der Waals surface area contributed by atoms with E-state index in [1.54, 1.807) is 42.3 Å². The topological polar surface area (TPSA) is 112 Å². The van der Waals surface area contributed by atoms with Crippen molar-refractivity contribution in [3.8, 4) is 0 Å². The summed E-state index contributed by atoms with van der Waals surface area (Å²) in [7, 11) is 1.77. The molecule has 2 atom stereocenters. The summed E-state index contributed by atoms with van der Waals surface area (Å²) in [5.74, 6) is 0. The predicted octanol–water partition coefficient (Wildman–Crippen LogP) is 1.57. The van der Waals surface area contributed by atoms with Crippen molar-refractivity contribution < 1.29 is 15.0 Å². The molecule has 26 heavy (non-hydrogen) atoms. The highest BCUT2D eigenvalue weighted by Gasteiger charge is 2.18. The fourth-order valence-electron chi connectivity index (χ4n) is 2.76. The molecule has 4 N–H and O–H groups in total. The van der Waals surface area contributed by atoms with E-state index in [2.05, 4.69) is 20.7 Å². The number of urea groups is 1. The zero-order valence-corrected chi connectivity index (χ0v) is 14.3. The zero-order chi connectivity index (χ0) is 18.5. The molecule has 0 fully saturated rings. The van der Waals surface area contributed by atoms with E-state index in [9.17, 15) is 15.0 Å². The van der Waals surface area contributed by atoms with Gasteiger partial charge in [0.15, 0.2) is 5.65 Å². The second kappa shape index (κ2) is 7.94. The Labute approximate surface area is 150 Å². The van der Waals surface area contributed by atoms with Gasteiger partial charge in [0, 0.05) is 13.2 Å². The molecule has 0 aliphatic rings. The first-order valence-corrected chi connectivity index (χ1v) is 8.26. The lowest BCUT2D eigenvalue weighted by atomic mass is 10.0. The van der Waals surface area contributed by atoms with Crippen LogP contribution >= 0.6 is 0 Å². The average Bonchev–Trinajstić information content (AvgIpc) is 3.04. The second-order valence-corrected chi connectivity index (χ2v) is 6.00. The SMILES string of the molecule is Cn1ncc2c(NC(=O)NC(CO)CC(O)c3ccccc3)ccnc21. The number of nitrogens with zero attached hydrogens (tertiary/aromatic N) is 3. The van der Waals surface area contributed by atoms with Crippen molar-refractivity contribution in [2.24, 2.45) is 7.05 Å². The predicted molar refractivity (Wildman–Crippen MR) is 97.6 cm³/mol. The van der Waals surface area contributed by atoms with Crippen molar-refractivity contribution in [3.05, 3.63) is 54.4 Å². The van der Waals surface area contributed by atoms with Crippen molar-refractivity contribution in [2.45, 2.75) is 18.6 Å². The number of amides is 2. The fraction of sp³-hybridized carbons (Fsp3) is 0.278. The summed E-state index contributed by atoms with van der Waals surface area (Å²) in [5.41, 5.74) is 1.96. The van der Waals surface area contributed by atoms with E-state index < -0.39 is 18.2 Å². The van der Waals surface area contributed by atoms with Gasteiger partial charge < -0.3 is 20.8 Å². The molecule has 2 heterocycles. The minimum atomic E-state index is -0.778. The number of aromatic nitrogens is 3. The Hall–Kier alpha value is -2.97. The van der Waals surface area contributed by atoms with E-state index in [1.807, 2.05) is 18.2 Å². The summed E-state index contributed by atoms with van der Waals surface area (Å²) in [6.45, 7) is -0.282. The number of aliphatic hydroxyl groups excluding tert-OH is 2. The molecule has 2 aromatic heterocycles. The van der Waals surface area contributed by atoms with Gasteiger partial charge in [-0.1, -0.05) is 30.3 Å². The third kappa shape index (κ3) is 3.98. The Morgan fingerprint density at radius 3 is 2.77 bits per heavy atom. The maximum absolute atomic E-state index is 12.3. The smallest absolute Gasteiger partial charge is 0.319 e. The third-order valence-electron chi connectivity index (χ3n) is 4.13. The molecule has 0 aliphatic heterocycles. The molecule has 2 unspecified atom stereocenters. The van der Waals surface area contributed by atoms with E-state index in [0.29, 0.717) is 11.3 Å². The van der Waals surface area contributed by atoms with Gasteiger partial charge in [-0.3, -0.25) is 4.68 Å². The van der Waals surface area contributed by atoms with Crippen molar-refractivity contribution in [3.63, 3.8) is 0 Å². The molecular formula is C18H21N5O3. The number of rotatable bonds is 6. The highest BCUT2D eigenvalue weighted by atomic mass is 16.3. The minimum Gasteiger partial charge on any atom is -0.394 e. The van der Waals surface area contributed by atoms with E-state index in [1.165, 1.54) is 0 Å². The molecule has 8 heteroatoms. The van der Waals surface area contributed by atoms with Gasteiger partial charge in [-0.2, -0.15) is 5.10 Å². The molecule has 3 rings (SSSR count). The number of hydrogen-bond acceptors (Lipinski definition) is 5. The van der Waals surface area contributed by atoms with Crippen molar-refractivity contribution in [1.29, 1.82) is 0 Å². The molecule has 3 aromatic rings. The molecule has 0 saturated carbocycles. The van der Waals surface area contributed by atoms with Crippen LogP contribution in [0.15, 0.2) is 48.8 Å². The molecule has 0 radical (unpaired) electrons. The number of anilines is 1. The average molecular weight is 355 g/mol. The van der Waals surface area contributed by atoms with Crippen LogP contribution in [0.1, 0.15) is 18.1 Å². The number of aryl methyl sites for hydroxylation is 1. The Morgan fingerprint density at radius 1 is 1.27 bits per heavy atom. The van der Waals surface area contributed by atoms with Crippen LogP contribution in [0.2, 0.25) is 0 Å². The number of nitrogens with one attached hydrogen (secondary N) is 2. The molecule has 136 valence electrons. The van der Waals surface area contributed by atoms with Crippen molar-refractivity contribution >= 4 is 22.8 Å². The second-order valence-electron chi connectivity index (χ2n) is 6.00. The fourth-order valence-corrected chi connectivity index (χ4v) is 2.76. The lowest BCUT2D eigenvalue weighted by Gasteiger charge is -2.20. The molecule has 8 nitrogen and oxygen atoms in total. The van der Waals surface area contributed by atoms with Gasteiger partial charge in [0.2, 0.25) is 0 Å². The van der Waals surface area contributed by atoms with Crippen LogP contribution in [0.25, 0.3) is 11.0 Å². The standard InChI is InChI=1S/C18H21N5O3/c1-23-17-14(10-20-23)15(7-8-19-17)22-18(26)21-13(11-24)9-16(25)12-5-3-2-4-6-12/h2-8,10,13,16,24-25H,9,11H2,1H3,(H2,19,21,22,26). The maximum atomic E-state index is 12.3. The maximum Gasteiger partial charge on any atom is 0.319 e. The molecule has 1 aromatic carbocycles. The Morgan fingerprint density at radius 2 is 2.04 bits per heavy atom. The van der Waals surface area contributed by atoms with Gasteiger partial charge in [0.05, 0.1) is 36.0 Å². The number of carbonyl (C=O) groups excluding carboxylic acids is 1. The summed E-state index contributed by atoms with van der Waals surface area (Å²) >= 11 is 0. The molecule has 0 bridgehead atoms. The minimum absolute atomic E-state index is 0.201. The van der Waals surface area contributed by atoms with Gasteiger partial charge in [-0.15, -0.1) is 0 Å². The molecule has 0 saturated heterocycles. The molecule has 0 aliphatic carbocycles. The summed E-state index contributed by atoms with van der Waals surface area (Å²) in [5, 5.41) is 30.1. The normalized spacial score (nSPS) is 13.3. The number of aliphatic hydroxyl groups is 2. The van der Waals surface area contributed by atoms with Crippen LogP contribution < -0.4 is 10.6 Å². The Kier molecular flexibility index (Phi) is 5.45. The van der Waals surface area contributed by atoms with Crippen LogP contribution in [0.5, 0.6) is 0 Å². The largest absolute Gasteiger partial charge is 0.394 e. The first-order chi connectivity index (χ1) is 12.6. The van der Waals surface area contributed by atoms with E-state index >= 15 is 0 Å². The molecule has 0 spiro atoms. The van der Waals surface area contributed by atoms with Crippen LogP contribution in [-0.4, -0.2) is 43.7 Å². The molecule has 2 amide bonds. The monoisotopic (exact) mass is 355 g/mol. The Balaban J connectivity index is 1.64. The van der Waals surface area contributed by atoms with Crippen LogP contribution in [0.4, 0.5) is 10.5 Å². The van der Waals surface area contributed by atoms with Gasteiger partial charge in [0.25, 0.3) is 0 Å². The number of pyridine rings is 1. The lowest BCUT2D eigenvalue weighted by molar-refractivity contribution is 0.132. The summed E-state index contributed by atoms with van der Waals surface area (Å²) in [6.07, 6.45) is 2.63. The Bertz CT molecular complexity index is 881. The number of hydrogen-bond donors (Lipinski definition) is 4. The summed E-state index contributed by atoms with van der Waals surface area (Å²) < 4.78 is 1.62. The summed E-state index contributed by atoms with van der Waals surface area (Å²) in [6, 6.07) is 9.74. The quantitative estimate of drug-likeness (QED) is 0.536. The van der Waals surface area contributed by atoms with Crippen LogP contribution in [0, 0.1) is 0 Å². The van der Waals surface area contributed by atoms with E-state index in [-0.39, 0.29) is 13.0 Å². The highest BCUT2D eigenvalue weighted by Crippen LogP contribution is 2.21. The molecular weight excluding hydrogens is 334 g/mol. The third-order valence-corrected chi connectivity index (χ3v) is 4.13. The number of benzene rings is 1. The zero-order valence-electron chi connectivity index (χ0n) is 14.3. The first-order valence-electron chi connectivity index (χ1n) is 8.26. The summed E-state index contributed by atoms with van der Waals surface area (Å²) in [4.78, 5) is 16.5. The van der Waals surface area contributed by atoms with Crippen LogP contribution in [0.3, 0.4) is 0 Å². The number of fused-ring (bicyclic) bond motifs is 1. The van der Waals surface area contributed by atoms with Crippen molar-refractivity contribution in [2.75, 3.05) is 11.9 Å². The van der Waals surface area contributed by atoms with Crippen LogP contribution in [-0.2, 0) is 7.05 Å². The number of carbonyl (C=O) groups is 1. The van der Waals surface area contributed by atoms with Gasteiger partial charge in [0.1, 0.15) is 0 Å². The van der Waals surface area contributed by atoms with E-state index in [4.69, 9.17) is 0 Å².